The van der Waals surface area contributed by atoms with Crippen molar-refractivity contribution in [3.05, 3.63) is 95.1 Å². The van der Waals surface area contributed by atoms with Crippen molar-refractivity contribution in [3.8, 4) is 5.75 Å². The third-order valence-corrected chi connectivity index (χ3v) is 8.70. The van der Waals surface area contributed by atoms with E-state index >= 15 is 0 Å². The van der Waals surface area contributed by atoms with E-state index in [-0.39, 0.29) is 4.90 Å². The van der Waals surface area contributed by atoms with Gasteiger partial charge in [-0.15, -0.1) is 4.31 Å². The first-order chi connectivity index (χ1) is 14.9. The molecule has 3 aromatic rings. The van der Waals surface area contributed by atoms with Gasteiger partial charge >= 0.3 is 5.97 Å². The Morgan fingerprint density at radius 2 is 1.71 bits per heavy atom. The number of nitrogens with zero attached hydrogens (tertiary/aromatic N) is 1. The number of hydrogen-bond donors (Lipinski definition) is 0. The highest BCUT2D eigenvalue weighted by Crippen LogP contribution is 2.72. The van der Waals surface area contributed by atoms with Crippen LogP contribution in [0, 0.1) is 6.92 Å². The average Bonchev–Trinajstić information content (AvgIpc) is 3.14. The molecule has 156 valence electrons. The molecule has 0 N–H and O–H groups in total. The second-order valence-electron chi connectivity index (χ2n) is 8.14. The van der Waals surface area contributed by atoms with Gasteiger partial charge in [-0.3, -0.25) is 0 Å². The summed E-state index contributed by atoms with van der Waals surface area (Å²) in [5, 5.41) is 0. The zero-order valence-corrected chi connectivity index (χ0v) is 17.7. The minimum atomic E-state index is -3.99. The van der Waals surface area contributed by atoms with E-state index in [2.05, 4.69) is 0 Å². The summed E-state index contributed by atoms with van der Waals surface area (Å²) in [6.45, 7) is 1.88. The second-order valence-corrected chi connectivity index (χ2v) is 9.93. The topological polar surface area (TPSA) is 72.9 Å². The first-order valence-electron chi connectivity index (χ1n) is 9.97. The van der Waals surface area contributed by atoms with Gasteiger partial charge in [0.1, 0.15) is 11.2 Å². The third kappa shape index (κ3) is 1.80. The molecule has 31 heavy (non-hydrogen) atoms. The number of sulfonamides is 1. The summed E-state index contributed by atoms with van der Waals surface area (Å²) in [5.41, 5.74) is 0.191. The summed E-state index contributed by atoms with van der Waals surface area (Å²) >= 11 is 0. The molecule has 0 bridgehead atoms. The number of ether oxygens (including phenoxy) is 2. The molecule has 1 saturated heterocycles. The fraction of sp³-hybridized carbons (Fsp3) is 0.208. The fourth-order valence-electron chi connectivity index (χ4n) is 5.73. The normalized spacial score (nSPS) is 29.0. The van der Waals surface area contributed by atoms with Crippen LogP contribution in [0.3, 0.4) is 0 Å². The van der Waals surface area contributed by atoms with Crippen LogP contribution in [0.4, 0.5) is 0 Å². The molecule has 6 nitrogen and oxygen atoms in total. The monoisotopic (exact) mass is 433 g/mol. The summed E-state index contributed by atoms with van der Waals surface area (Å²) in [4.78, 5) is 13.8. The number of esters is 1. The summed E-state index contributed by atoms with van der Waals surface area (Å²) in [6.07, 6.45) is -0.899. The van der Waals surface area contributed by atoms with Crippen molar-refractivity contribution in [2.24, 2.45) is 0 Å². The van der Waals surface area contributed by atoms with Crippen LogP contribution in [0.5, 0.6) is 5.75 Å². The number of methoxy groups -OCH3 is 1. The van der Waals surface area contributed by atoms with Gasteiger partial charge in [-0.25, -0.2) is 13.2 Å². The molecule has 0 aromatic heterocycles. The van der Waals surface area contributed by atoms with E-state index in [1.54, 1.807) is 18.2 Å². The standard InChI is InChI=1S/C24H19NO5S/c1-15-12-13-20-18(14-15)24(22(26)29-2)23(16-8-4-3-5-9-16)17-10-6-7-11-19(17)30-21(23)25(24)31(20,27)28/h3-14,21H,1-2H3/t21?,23?,24-/m0/s1. The van der Waals surface area contributed by atoms with Crippen LogP contribution in [0.1, 0.15) is 22.3 Å². The number of fused-ring (bicyclic) bond motifs is 8. The molecule has 1 fully saturated rings. The van der Waals surface area contributed by atoms with E-state index in [4.69, 9.17) is 9.47 Å². The third-order valence-electron chi connectivity index (χ3n) is 6.81. The van der Waals surface area contributed by atoms with E-state index in [1.165, 1.54) is 11.4 Å². The van der Waals surface area contributed by atoms with Crippen molar-refractivity contribution in [2.45, 2.75) is 29.0 Å². The number of carbonyl (C=O) groups excluding carboxylic acids is 1. The van der Waals surface area contributed by atoms with Crippen molar-refractivity contribution in [1.82, 2.24) is 4.31 Å². The maximum atomic E-state index is 13.7. The van der Waals surface area contributed by atoms with Crippen LogP contribution in [0.25, 0.3) is 0 Å². The average molecular weight is 433 g/mol. The molecular weight excluding hydrogens is 414 g/mol. The Bertz CT molecular complexity index is 1370. The molecule has 7 heteroatoms. The largest absolute Gasteiger partial charge is 0.472 e. The summed E-state index contributed by atoms with van der Waals surface area (Å²) in [5.74, 6) is -0.0562. The highest BCUT2D eigenvalue weighted by molar-refractivity contribution is 7.89. The van der Waals surface area contributed by atoms with Crippen LogP contribution < -0.4 is 4.74 Å². The lowest BCUT2D eigenvalue weighted by molar-refractivity contribution is -0.196. The van der Waals surface area contributed by atoms with E-state index in [1.807, 2.05) is 61.5 Å². The number of rotatable bonds is 2. The van der Waals surface area contributed by atoms with Crippen molar-refractivity contribution < 1.29 is 22.7 Å². The van der Waals surface area contributed by atoms with Gasteiger partial charge in [0.05, 0.1) is 12.0 Å². The SMILES string of the molecule is COC(=O)[C@]12c3cc(C)ccc3S(=O)(=O)N1C1Oc3ccccc3C12c1ccccc1. The van der Waals surface area contributed by atoms with Gasteiger partial charge in [-0.2, -0.15) is 0 Å². The smallest absolute Gasteiger partial charge is 0.333 e. The van der Waals surface area contributed by atoms with Crippen molar-refractivity contribution >= 4 is 16.0 Å². The molecular formula is C24H19NO5S. The maximum absolute atomic E-state index is 13.7. The van der Waals surface area contributed by atoms with Crippen LogP contribution >= 0.6 is 0 Å². The first-order valence-corrected chi connectivity index (χ1v) is 11.4. The Hall–Kier alpha value is -3.16. The number of para-hydroxylation sites is 1. The highest BCUT2D eigenvalue weighted by atomic mass is 32.2. The lowest BCUT2D eigenvalue weighted by atomic mass is 9.52. The Kier molecular flexibility index (Phi) is 3.45. The molecule has 0 amide bonds. The van der Waals surface area contributed by atoms with E-state index in [0.29, 0.717) is 11.3 Å². The molecule has 0 radical (unpaired) electrons. The Balaban J connectivity index is 1.82. The van der Waals surface area contributed by atoms with Gasteiger partial charge in [0, 0.05) is 11.1 Å². The predicted molar refractivity (Wildman–Crippen MR) is 112 cm³/mol. The molecule has 3 atom stereocenters. The van der Waals surface area contributed by atoms with Gasteiger partial charge in [-0.05, 0) is 24.6 Å². The molecule has 3 heterocycles. The molecule has 0 saturated carbocycles. The van der Waals surface area contributed by atoms with Crippen LogP contribution in [0.15, 0.2) is 77.7 Å². The second kappa shape index (κ2) is 5.75. The number of carbonyl (C=O) groups is 1. The molecule has 3 aliphatic rings. The maximum Gasteiger partial charge on any atom is 0.333 e. The lowest BCUT2D eigenvalue weighted by Crippen LogP contribution is -2.81. The van der Waals surface area contributed by atoms with Crippen molar-refractivity contribution in [2.75, 3.05) is 7.11 Å². The Labute approximate surface area is 180 Å². The Morgan fingerprint density at radius 1 is 1.00 bits per heavy atom. The van der Waals surface area contributed by atoms with E-state index < -0.39 is 33.2 Å². The molecule has 3 aliphatic heterocycles. The number of aryl methyl sites for hydroxylation is 1. The predicted octanol–water partition coefficient (Wildman–Crippen LogP) is 3.09. The molecule has 0 aliphatic carbocycles. The minimum absolute atomic E-state index is 0.120. The number of benzene rings is 3. The summed E-state index contributed by atoms with van der Waals surface area (Å²) in [7, 11) is -2.69. The van der Waals surface area contributed by atoms with Crippen molar-refractivity contribution in [3.63, 3.8) is 0 Å². The van der Waals surface area contributed by atoms with Crippen LogP contribution in [0.2, 0.25) is 0 Å². The van der Waals surface area contributed by atoms with Crippen molar-refractivity contribution in [1.29, 1.82) is 0 Å². The van der Waals surface area contributed by atoms with E-state index in [9.17, 15) is 13.2 Å². The zero-order chi connectivity index (χ0) is 21.6. The highest BCUT2D eigenvalue weighted by Gasteiger charge is 2.87. The van der Waals surface area contributed by atoms with Gasteiger partial charge in [0.25, 0.3) is 0 Å². The molecule has 2 unspecified atom stereocenters. The quantitative estimate of drug-likeness (QED) is 0.581. The Morgan fingerprint density at radius 3 is 2.45 bits per heavy atom. The van der Waals surface area contributed by atoms with Gasteiger partial charge < -0.3 is 9.47 Å². The molecule has 6 rings (SSSR count). The summed E-state index contributed by atoms with van der Waals surface area (Å²) < 4.78 is 40.1. The molecule has 3 aromatic carbocycles. The van der Waals surface area contributed by atoms with E-state index in [0.717, 1.165) is 16.7 Å². The minimum Gasteiger partial charge on any atom is -0.472 e. The van der Waals surface area contributed by atoms with Crippen LogP contribution in [-0.2, 0) is 30.5 Å². The van der Waals surface area contributed by atoms with Gasteiger partial charge in [0.2, 0.25) is 10.0 Å². The van der Waals surface area contributed by atoms with Crippen LogP contribution in [-0.4, -0.2) is 32.0 Å². The fourth-order valence-corrected chi connectivity index (χ4v) is 7.80. The first kappa shape index (κ1) is 18.6. The lowest BCUT2D eigenvalue weighted by Gasteiger charge is -2.61. The number of hydrogen-bond acceptors (Lipinski definition) is 5. The van der Waals surface area contributed by atoms with Gasteiger partial charge in [0.15, 0.2) is 11.8 Å². The zero-order valence-electron chi connectivity index (χ0n) is 16.9. The van der Waals surface area contributed by atoms with Gasteiger partial charge in [-0.1, -0.05) is 66.2 Å². The molecule has 0 spiro atoms. The summed E-state index contributed by atoms with van der Waals surface area (Å²) in [6, 6.07) is 22.0.